The van der Waals surface area contributed by atoms with Gasteiger partial charge in [-0.3, -0.25) is 9.59 Å². The molecule has 2 unspecified atom stereocenters. The van der Waals surface area contributed by atoms with Gasteiger partial charge in [0, 0.05) is 39.3 Å². The van der Waals surface area contributed by atoms with Crippen LogP contribution in [0, 0.1) is 5.92 Å². The average Bonchev–Trinajstić information content (AvgIpc) is 2.61. The molecule has 0 radical (unpaired) electrons. The van der Waals surface area contributed by atoms with E-state index in [9.17, 15) is 9.59 Å². The smallest absolute Gasteiger partial charge is 0.248 e. The zero-order valence-corrected chi connectivity index (χ0v) is 13.8. The number of amides is 2. The van der Waals surface area contributed by atoms with Crippen molar-refractivity contribution in [3.05, 3.63) is 35.9 Å². The fourth-order valence-corrected chi connectivity index (χ4v) is 2.80. The van der Waals surface area contributed by atoms with Crippen molar-refractivity contribution >= 4 is 11.8 Å². The van der Waals surface area contributed by atoms with E-state index in [1.165, 1.54) is 7.11 Å². The van der Waals surface area contributed by atoms with Crippen molar-refractivity contribution in [3.63, 3.8) is 0 Å². The van der Waals surface area contributed by atoms with Gasteiger partial charge >= 0.3 is 0 Å². The monoisotopic (exact) mass is 319 g/mol. The zero-order chi connectivity index (χ0) is 16.8. The molecule has 1 aliphatic rings. The summed E-state index contributed by atoms with van der Waals surface area (Å²) >= 11 is 0. The molecule has 1 saturated heterocycles. The number of carbonyl (C=O) groups excluding carboxylic acids is 2. The Labute approximate surface area is 137 Å². The van der Waals surface area contributed by atoms with Crippen molar-refractivity contribution in [2.24, 2.45) is 11.7 Å². The van der Waals surface area contributed by atoms with Crippen LogP contribution in [-0.4, -0.2) is 61.5 Å². The lowest BCUT2D eigenvalue weighted by Gasteiger charge is -2.36. The van der Waals surface area contributed by atoms with E-state index in [0.29, 0.717) is 26.2 Å². The Hall–Kier alpha value is -1.92. The van der Waals surface area contributed by atoms with Gasteiger partial charge in [-0.15, -0.1) is 0 Å². The quantitative estimate of drug-likeness (QED) is 0.864. The molecule has 1 aromatic rings. The highest BCUT2D eigenvalue weighted by Gasteiger charge is 2.30. The molecule has 23 heavy (non-hydrogen) atoms. The molecule has 1 aliphatic heterocycles. The second-order valence-corrected chi connectivity index (χ2v) is 5.86. The molecule has 1 heterocycles. The minimum atomic E-state index is -0.322. The Morgan fingerprint density at radius 3 is 2.26 bits per heavy atom. The van der Waals surface area contributed by atoms with Gasteiger partial charge < -0.3 is 20.3 Å². The van der Waals surface area contributed by atoms with Crippen molar-refractivity contribution in [3.8, 4) is 0 Å². The summed E-state index contributed by atoms with van der Waals surface area (Å²) in [6, 6.07) is 9.33. The lowest BCUT2D eigenvalue weighted by Crippen LogP contribution is -2.53. The lowest BCUT2D eigenvalue weighted by atomic mass is 9.94. The largest absolute Gasteiger partial charge is 0.375 e. The minimum absolute atomic E-state index is 0.0337. The molecule has 2 amide bonds. The van der Waals surface area contributed by atoms with E-state index >= 15 is 0 Å². The average molecular weight is 319 g/mol. The van der Waals surface area contributed by atoms with Crippen molar-refractivity contribution in [2.75, 3.05) is 39.9 Å². The van der Waals surface area contributed by atoms with Gasteiger partial charge in [-0.05, 0) is 5.56 Å². The first-order valence-corrected chi connectivity index (χ1v) is 7.90. The van der Waals surface area contributed by atoms with Crippen molar-refractivity contribution < 1.29 is 14.3 Å². The minimum Gasteiger partial charge on any atom is -0.375 e. The molecule has 2 atom stereocenters. The van der Waals surface area contributed by atoms with Crippen LogP contribution < -0.4 is 5.73 Å². The molecule has 0 saturated carbocycles. The molecular formula is C17H25N3O3. The third kappa shape index (κ3) is 4.30. The van der Waals surface area contributed by atoms with E-state index in [0.717, 1.165) is 5.56 Å². The molecule has 1 aromatic carbocycles. The molecule has 0 aromatic heterocycles. The van der Waals surface area contributed by atoms with Crippen LogP contribution in [0.3, 0.4) is 0 Å². The Morgan fingerprint density at radius 1 is 1.13 bits per heavy atom. The van der Waals surface area contributed by atoms with E-state index < -0.39 is 0 Å². The van der Waals surface area contributed by atoms with Crippen LogP contribution in [0.4, 0.5) is 0 Å². The predicted molar refractivity (Wildman–Crippen MR) is 87.6 cm³/mol. The number of carbonyl (C=O) groups is 2. The molecule has 0 bridgehead atoms. The summed E-state index contributed by atoms with van der Waals surface area (Å²) in [6.07, 6.45) is 0. The van der Waals surface area contributed by atoms with Crippen LogP contribution in [-0.2, 0) is 14.3 Å². The molecule has 0 spiro atoms. The summed E-state index contributed by atoms with van der Waals surface area (Å²) in [5.74, 6) is -0.285. The summed E-state index contributed by atoms with van der Waals surface area (Å²) in [5.41, 5.74) is 7.19. The number of hydrogen-bond acceptors (Lipinski definition) is 4. The van der Waals surface area contributed by atoms with Crippen molar-refractivity contribution in [1.29, 1.82) is 0 Å². The van der Waals surface area contributed by atoms with E-state index in [1.807, 2.05) is 37.3 Å². The Morgan fingerprint density at radius 2 is 1.70 bits per heavy atom. The first-order valence-electron chi connectivity index (χ1n) is 7.90. The van der Waals surface area contributed by atoms with Gasteiger partial charge in [-0.25, -0.2) is 0 Å². The highest BCUT2D eigenvalue weighted by molar-refractivity contribution is 5.81. The number of piperazine rings is 1. The van der Waals surface area contributed by atoms with Crippen molar-refractivity contribution in [1.82, 2.24) is 9.80 Å². The number of hydrogen-bond donors (Lipinski definition) is 1. The molecule has 2 rings (SSSR count). The van der Waals surface area contributed by atoms with Gasteiger partial charge in [0.25, 0.3) is 0 Å². The molecule has 126 valence electrons. The summed E-state index contributed by atoms with van der Waals surface area (Å²) in [4.78, 5) is 27.9. The topological polar surface area (TPSA) is 75.9 Å². The number of ether oxygens (including phenoxy) is 1. The third-order valence-corrected chi connectivity index (χ3v) is 4.32. The third-order valence-electron chi connectivity index (χ3n) is 4.32. The molecule has 6 heteroatoms. The molecule has 2 N–H and O–H groups in total. The van der Waals surface area contributed by atoms with Gasteiger partial charge in [-0.2, -0.15) is 0 Å². The SMILES string of the molecule is COCC(=O)N1CCN(C(=O)C(C)C(N)c2ccccc2)CC1. The maximum Gasteiger partial charge on any atom is 0.248 e. The standard InChI is InChI=1S/C17H25N3O3/c1-13(16(18)14-6-4-3-5-7-14)17(22)20-10-8-19(9-11-20)15(21)12-23-2/h3-7,13,16H,8-12,18H2,1-2H3. The van der Waals surface area contributed by atoms with Crippen LogP contribution in [0.25, 0.3) is 0 Å². The highest BCUT2D eigenvalue weighted by Crippen LogP contribution is 2.21. The summed E-state index contributed by atoms with van der Waals surface area (Å²) < 4.78 is 4.86. The molecule has 1 fully saturated rings. The predicted octanol–water partition coefficient (Wildman–Crippen LogP) is 0.640. The molecular weight excluding hydrogens is 294 g/mol. The summed E-state index contributed by atoms with van der Waals surface area (Å²) in [5, 5.41) is 0. The van der Waals surface area contributed by atoms with Gasteiger partial charge in [0.15, 0.2) is 0 Å². The maximum absolute atomic E-state index is 12.6. The van der Waals surface area contributed by atoms with E-state index in [-0.39, 0.29) is 30.4 Å². The van der Waals surface area contributed by atoms with Crippen LogP contribution in [0.15, 0.2) is 30.3 Å². The van der Waals surface area contributed by atoms with Crippen molar-refractivity contribution in [2.45, 2.75) is 13.0 Å². The van der Waals surface area contributed by atoms with E-state index in [1.54, 1.807) is 9.80 Å². The highest BCUT2D eigenvalue weighted by atomic mass is 16.5. The fourth-order valence-electron chi connectivity index (χ4n) is 2.80. The zero-order valence-electron chi connectivity index (χ0n) is 13.8. The van der Waals surface area contributed by atoms with Gasteiger partial charge in [0.05, 0.1) is 5.92 Å². The molecule has 0 aliphatic carbocycles. The second-order valence-electron chi connectivity index (χ2n) is 5.86. The number of nitrogens with zero attached hydrogens (tertiary/aromatic N) is 2. The number of methoxy groups -OCH3 is 1. The van der Waals surface area contributed by atoms with E-state index in [4.69, 9.17) is 10.5 Å². The first kappa shape index (κ1) is 17.4. The normalized spacial score (nSPS) is 17.7. The van der Waals surface area contributed by atoms with Crippen LogP contribution in [0.1, 0.15) is 18.5 Å². The van der Waals surface area contributed by atoms with Crippen LogP contribution in [0.2, 0.25) is 0 Å². The van der Waals surface area contributed by atoms with Gasteiger partial charge in [0.2, 0.25) is 11.8 Å². The number of benzene rings is 1. The molecule has 6 nitrogen and oxygen atoms in total. The lowest BCUT2D eigenvalue weighted by molar-refractivity contribution is -0.144. The summed E-state index contributed by atoms with van der Waals surface area (Å²) in [6.45, 7) is 4.12. The second kappa shape index (κ2) is 8.08. The number of rotatable bonds is 5. The number of nitrogens with two attached hydrogens (primary N) is 1. The van der Waals surface area contributed by atoms with Gasteiger partial charge in [0.1, 0.15) is 6.61 Å². The van der Waals surface area contributed by atoms with Gasteiger partial charge in [-0.1, -0.05) is 37.3 Å². The summed E-state index contributed by atoms with van der Waals surface area (Å²) in [7, 11) is 1.50. The van der Waals surface area contributed by atoms with E-state index in [2.05, 4.69) is 0 Å². The maximum atomic E-state index is 12.6. The Kier molecular flexibility index (Phi) is 6.12. The fraction of sp³-hybridized carbons (Fsp3) is 0.529. The first-order chi connectivity index (χ1) is 11.0. The Bertz CT molecular complexity index is 527. The Balaban J connectivity index is 1.90. The van der Waals surface area contributed by atoms with Crippen LogP contribution >= 0.6 is 0 Å². The van der Waals surface area contributed by atoms with Crippen LogP contribution in [0.5, 0.6) is 0 Å².